The van der Waals surface area contributed by atoms with E-state index in [1.54, 1.807) is 18.2 Å². The largest absolute Gasteiger partial charge is 0.486 e. The Labute approximate surface area is 180 Å². The van der Waals surface area contributed by atoms with Gasteiger partial charge in [0.15, 0.2) is 11.5 Å². The maximum Gasteiger partial charge on any atom is 0.256 e. The first kappa shape index (κ1) is 19.1. The number of rotatable bonds is 4. The van der Waals surface area contributed by atoms with E-state index in [2.05, 4.69) is 15.4 Å². The van der Waals surface area contributed by atoms with Gasteiger partial charge in [0.2, 0.25) is 0 Å². The van der Waals surface area contributed by atoms with Gasteiger partial charge in [-0.05, 0) is 61.5 Å². The van der Waals surface area contributed by atoms with Crippen LogP contribution in [-0.4, -0.2) is 36.4 Å². The highest BCUT2D eigenvalue weighted by Gasteiger charge is 2.15. The normalized spacial score (nSPS) is 14.9. The molecule has 3 heterocycles. The van der Waals surface area contributed by atoms with E-state index in [4.69, 9.17) is 9.47 Å². The Morgan fingerprint density at radius 2 is 1.81 bits per heavy atom. The molecule has 0 saturated heterocycles. The Morgan fingerprint density at radius 3 is 2.58 bits per heavy atom. The van der Waals surface area contributed by atoms with E-state index < -0.39 is 0 Å². The summed E-state index contributed by atoms with van der Waals surface area (Å²) in [5.41, 5.74) is 4.30. The number of nitrogens with one attached hydrogen (secondary N) is 1. The third-order valence-electron chi connectivity index (χ3n) is 5.23. The third-order valence-corrected chi connectivity index (χ3v) is 5.23. The van der Waals surface area contributed by atoms with Crippen LogP contribution >= 0.6 is 0 Å². The number of hydrazone groups is 1. The molecule has 0 fully saturated rings. The summed E-state index contributed by atoms with van der Waals surface area (Å²) in [5.74, 6) is 1.72. The molecule has 7 nitrogen and oxygen atoms in total. The summed E-state index contributed by atoms with van der Waals surface area (Å²) in [7, 11) is 0. The van der Waals surface area contributed by atoms with E-state index in [1.807, 2.05) is 54.4 Å². The van der Waals surface area contributed by atoms with Gasteiger partial charge in [-0.3, -0.25) is 9.80 Å². The average Bonchev–Trinajstić information content (AvgIpc) is 3.25. The smallest absolute Gasteiger partial charge is 0.256 e. The second-order valence-corrected chi connectivity index (χ2v) is 7.48. The summed E-state index contributed by atoms with van der Waals surface area (Å²) in [5, 5.41) is 9.32. The van der Waals surface area contributed by atoms with Crippen LogP contribution in [0.1, 0.15) is 23.7 Å². The molecule has 0 saturated carbocycles. The molecule has 2 aromatic carbocycles. The second-order valence-electron chi connectivity index (χ2n) is 7.48. The highest BCUT2D eigenvalue weighted by atomic mass is 16.6. The molecule has 0 aliphatic carbocycles. The number of ether oxygens (including phenoxy) is 2. The Kier molecular flexibility index (Phi) is 5.00. The minimum atomic E-state index is -0.209. The van der Waals surface area contributed by atoms with Crippen molar-refractivity contribution in [2.45, 2.75) is 13.3 Å². The molecule has 156 valence electrons. The fourth-order valence-electron chi connectivity index (χ4n) is 3.60. The van der Waals surface area contributed by atoms with Crippen molar-refractivity contribution in [2.75, 3.05) is 30.1 Å². The molecule has 1 N–H and O–H groups in total. The van der Waals surface area contributed by atoms with E-state index in [9.17, 15) is 4.79 Å². The first-order valence-electron chi connectivity index (χ1n) is 10.3. The number of nitrogens with zero attached hydrogens (tertiary/aromatic N) is 3. The average molecular weight is 414 g/mol. The highest BCUT2D eigenvalue weighted by Crippen LogP contribution is 2.34. The monoisotopic (exact) mass is 414 g/mol. The lowest BCUT2D eigenvalue weighted by Crippen LogP contribution is -2.15. The van der Waals surface area contributed by atoms with Crippen molar-refractivity contribution in [3.8, 4) is 22.8 Å². The minimum absolute atomic E-state index is 0.209. The zero-order valence-electron chi connectivity index (χ0n) is 17.2. The topological polar surface area (TPSA) is 76.1 Å². The van der Waals surface area contributed by atoms with E-state index >= 15 is 0 Å². The van der Waals surface area contributed by atoms with Gasteiger partial charge in [0.25, 0.3) is 5.91 Å². The summed E-state index contributed by atoms with van der Waals surface area (Å²) in [4.78, 5) is 17.3. The predicted molar refractivity (Wildman–Crippen MR) is 120 cm³/mol. The number of hydrogen-bond donors (Lipinski definition) is 1. The summed E-state index contributed by atoms with van der Waals surface area (Å²) in [6.07, 6.45) is 0.966. The van der Waals surface area contributed by atoms with Crippen LogP contribution in [0.25, 0.3) is 11.3 Å². The zero-order chi connectivity index (χ0) is 21.2. The molecule has 31 heavy (non-hydrogen) atoms. The van der Waals surface area contributed by atoms with Crippen LogP contribution in [0.15, 0.2) is 65.8 Å². The van der Waals surface area contributed by atoms with Gasteiger partial charge in [-0.15, -0.1) is 0 Å². The number of benzene rings is 2. The number of fused-ring (bicyclic) bond motifs is 1. The standard InChI is InChI=1S/C24H22N4O3/c1-16-11-12-28(27-16)19-8-5-17(6-9-19)24(29)26-23-4-2-3-20(25-23)18-7-10-21-22(15-18)31-14-13-30-21/h2-10,15H,11-14H2,1H3,(H,25,26,29). The maximum atomic E-state index is 12.7. The molecule has 2 aliphatic rings. The van der Waals surface area contributed by atoms with Crippen molar-refractivity contribution in [3.05, 3.63) is 66.2 Å². The number of hydrogen-bond acceptors (Lipinski definition) is 6. The van der Waals surface area contributed by atoms with Gasteiger partial charge in [-0.2, -0.15) is 5.10 Å². The molecule has 3 aromatic rings. The third kappa shape index (κ3) is 4.07. The van der Waals surface area contributed by atoms with Gasteiger partial charge in [0.1, 0.15) is 19.0 Å². The van der Waals surface area contributed by atoms with Crippen molar-refractivity contribution in [1.29, 1.82) is 0 Å². The molecule has 1 amide bonds. The Balaban J connectivity index is 1.31. The molecule has 1 aromatic heterocycles. The number of carbonyl (C=O) groups is 1. The van der Waals surface area contributed by atoms with E-state index in [0.29, 0.717) is 30.3 Å². The van der Waals surface area contributed by atoms with Crippen molar-refractivity contribution < 1.29 is 14.3 Å². The lowest BCUT2D eigenvalue weighted by Gasteiger charge is -2.18. The van der Waals surface area contributed by atoms with Gasteiger partial charge in [0, 0.05) is 29.8 Å². The Bertz CT molecular complexity index is 1160. The summed E-state index contributed by atoms with van der Waals surface area (Å²) >= 11 is 0. The Morgan fingerprint density at radius 1 is 1.00 bits per heavy atom. The predicted octanol–water partition coefficient (Wildman–Crippen LogP) is 4.36. The van der Waals surface area contributed by atoms with Gasteiger partial charge in [0.05, 0.1) is 11.4 Å². The van der Waals surface area contributed by atoms with Crippen LogP contribution in [-0.2, 0) is 0 Å². The lowest BCUT2D eigenvalue weighted by atomic mass is 10.1. The zero-order valence-corrected chi connectivity index (χ0v) is 17.2. The first-order chi connectivity index (χ1) is 15.2. The van der Waals surface area contributed by atoms with Gasteiger partial charge in [-0.1, -0.05) is 6.07 Å². The fraction of sp³-hybridized carbons (Fsp3) is 0.208. The number of aromatic nitrogens is 1. The van der Waals surface area contributed by atoms with Gasteiger partial charge in [-0.25, -0.2) is 4.98 Å². The van der Waals surface area contributed by atoms with Crippen molar-refractivity contribution >= 4 is 23.1 Å². The van der Waals surface area contributed by atoms with Crippen LogP contribution in [0.2, 0.25) is 0 Å². The van der Waals surface area contributed by atoms with E-state index in [0.717, 1.165) is 41.4 Å². The van der Waals surface area contributed by atoms with Crippen LogP contribution in [0.4, 0.5) is 11.5 Å². The van der Waals surface area contributed by atoms with Crippen molar-refractivity contribution in [2.24, 2.45) is 5.10 Å². The molecular formula is C24H22N4O3. The summed E-state index contributed by atoms with van der Waals surface area (Å²) in [6, 6.07) is 18.7. The van der Waals surface area contributed by atoms with Crippen LogP contribution in [0, 0.1) is 0 Å². The number of anilines is 2. The highest BCUT2D eigenvalue weighted by molar-refractivity contribution is 6.04. The first-order valence-corrected chi connectivity index (χ1v) is 10.3. The fourth-order valence-corrected chi connectivity index (χ4v) is 3.60. The summed E-state index contributed by atoms with van der Waals surface area (Å²) < 4.78 is 11.2. The molecular weight excluding hydrogens is 392 g/mol. The summed E-state index contributed by atoms with van der Waals surface area (Å²) in [6.45, 7) is 3.97. The Hall–Kier alpha value is -3.87. The number of amides is 1. The quantitative estimate of drug-likeness (QED) is 0.687. The van der Waals surface area contributed by atoms with Gasteiger partial charge < -0.3 is 14.8 Å². The van der Waals surface area contributed by atoms with Crippen LogP contribution < -0.4 is 19.8 Å². The minimum Gasteiger partial charge on any atom is -0.486 e. The van der Waals surface area contributed by atoms with E-state index in [-0.39, 0.29) is 5.91 Å². The molecule has 0 radical (unpaired) electrons. The molecule has 0 unspecified atom stereocenters. The van der Waals surface area contributed by atoms with Crippen LogP contribution in [0.3, 0.4) is 0 Å². The second kappa shape index (κ2) is 8.10. The van der Waals surface area contributed by atoms with Crippen molar-refractivity contribution in [1.82, 2.24) is 4.98 Å². The van der Waals surface area contributed by atoms with Crippen LogP contribution in [0.5, 0.6) is 11.5 Å². The molecule has 0 spiro atoms. The molecule has 7 heteroatoms. The molecule has 2 aliphatic heterocycles. The van der Waals surface area contributed by atoms with Crippen molar-refractivity contribution in [3.63, 3.8) is 0 Å². The SMILES string of the molecule is CC1=NN(c2ccc(C(=O)Nc3cccc(-c4ccc5c(c4)OCCO5)n3)cc2)CC1. The van der Waals surface area contributed by atoms with Gasteiger partial charge >= 0.3 is 0 Å². The molecule has 0 bridgehead atoms. The lowest BCUT2D eigenvalue weighted by molar-refractivity contribution is 0.102. The number of pyridine rings is 1. The van der Waals surface area contributed by atoms with E-state index in [1.165, 1.54) is 0 Å². The molecule has 0 atom stereocenters. The number of carbonyl (C=O) groups excluding carboxylic acids is 1. The molecule has 5 rings (SSSR count). The maximum absolute atomic E-state index is 12.7.